The molecule has 0 aliphatic carbocycles. The molecule has 1 unspecified atom stereocenters. The normalized spacial score (nSPS) is 12.5. The first-order valence-electron chi connectivity index (χ1n) is 5.16. The van der Waals surface area contributed by atoms with Crippen LogP contribution in [0.2, 0.25) is 5.02 Å². The fraction of sp³-hybridized carbons (Fsp3) is 0.250. The number of methoxy groups -OCH3 is 1. The number of ether oxygens (including phenoxy) is 1. The van der Waals surface area contributed by atoms with Gasteiger partial charge in [-0.15, -0.1) is 11.3 Å². The minimum absolute atomic E-state index is 0.0394. The molecular weight excluding hydrogens is 256 g/mol. The van der Waals surface area contributed by atoms with Crippen molar-refractivity contribution in [2.75, 3.05) is 7.11 Å². The quantitative estimate of drug-likeness (QED) is 0.927. The van der Waals surface area contributed by atoms with Crippen molar-refractivity contribution in [3.63, 3.8) is 0 Å². The number of benzene rings is 1. The summed E-state index contributed by atoms with van der Waals surface area (Å²) < 4.78 is 5.11. The van der Waals surface area contributed by atoms with E-state index in [1.807, 2.05) is 30.5 Å². The molecule has 0 amide bonds. The molecule has 0 radical (unpaired) electrons. The van der Waals surface area contributed by atoms with Gasteiger partial charge in [-0.1, -0.05) is 11.6 Å². The topological polar surface area (TPSA) is 48.1 Å². The van der Waals surface area contributed by atoms with Gasteiger partial charge in [-0.3, -0.25) is 0 Å². The van der Waals surface area contributed by atoms with Gasteiger partial charge in [-0.25, -0.2) is 4.98 Å². The van der Waals surface area contributed by atoms with Crippen molar-refractivity contribution in [2.45, 2.75) is 13.0 Å². The van der Waals surface area contributed by atoms with Crippen molar-refractivity contribution in [3.05, 3.63) is 33.6 Å². The summed E-state index contributed by atoms with van der Waals surface area (Å²) in [6.07, 6.45) is 0. The van der Waals surface area contributed by atoms with Crippen LogP contribution >= 0.6 is 22.9 Å². The average molecular weight is 269 g/mol. The number of halogens is 1. The summed E-state index contributed by atoms with van der Waals surface area (Å²) in [6, 6.07) is 5.58. The van der Waals surface area contributed by atoms with Gasteiger partial charge in [-0.2, -0.15) is 0 Å². The van der Waals surface area contributed by atoms with Crippen LogP contribution in [0, 0.1) is 0 Å². The van der Waals surface area contributed by atoms with E-state index in [0.29, 0.717) is 10.8 Å². The number of aromatic nitrogens is 1. The first-order chi connectivity index (χ1) is 8.11. The third-order valence-corrected chi connectivity index (χ3v) is 3.70. The lowest BCUT2D eigenvalue weighted by Gasteiger charge is -2.04. The summed E-state index contributed by atoms with van der Waals surface area (Å²) in [4.78, 5) is 4.47. The monoisotopic (exact) mass is 268 g/mol. The van der Waals surface area contributed by atoms with Gasteiger partial charge in [-0.05, 0) is 25.1 Å². The maximum atomic E-state index is 6.07. The Balaban J connectivity index is 2.36. The summed E-state index contributed by atoms with van der Waals surface area (Å²) in [7, 11) is 1.60. The third kappa shape index (κ3) is 2.60. The molecule has 2 N–H and O–H groups in total. The predicted octanol–water partition coefficient (Wildman–Crippen LogP) is 3.49. The van der Waals surface area contributed by atoms with Gasteiger partial charge in [0.1, 0.15) is 10.8 Å². The molecule has 0 fully saturated rings. The third-order valence-electron chi connectivity index (χ3n) is 2.36. The molecule has 0 saturated heterocycles. The van der Waals surface area contributed by atoms with Crippen LogP contribution in [0.1, 0.15) is 18.0 Å². The van der Waals surface area contributed by atoms with Crippen LogP contribution in [0.5, 0.6) is 5.75 Å². The Kier molecular flexibility index (Phi) is 3.66. The Morgan fingerprint density at radius 3 is 2.76 bits per heavy atom. The molecule has 1 aromatic heterocycles. The van der Waals surface area contributed by atoms with E-state index in [2.05, 4.69) is 4.98 Å². The lowest BCUT2D eigenvalue weighted by atomic mass is 10.1. The van der Waals surface area contributed by atoms with Crippen LogP contribution in [0.4, 0.5) is 0 Å². The maximum absolute atomic E-state index is 6.07. The molecule has 2 aromatic rings. The van der Waals surface area contributed by atoms with E-state index in [0.717, 1.165) is 16.3 Å². The van der Waals surface area contributed by atoms with Gasteiger partial charge in [0, 0.05) is 10.9 Å². The largest absolute Gasteiger partial charge is 0.495 e. The fourth-order valence-electron chi connectivity index (χ4n) is 1.46. The van der Waals surface area contributed by atoms with E-state index in [9.17, 15) is 0 Å². The zero-order valence-corrected chi connectivity index (χ0v) is 11.2. The zero-order chi connectivity index (χ0) is 12.4. The van der Waals surface area contributed by atoms with E-state index < -0.39 is 0 Å². The highest BCUT2D eigenvalue weighted by molar-refractivity contribution is 7.10. The van der Waals surface area contributed by atoms with E-state index in [1.165, 1.54) is 0 Å². The van der Waals surface area contributed by atoms with Crippen LogP contribution in [0.15, 0.2) is 23.6 Å². The standard InChI is InChI=1S/C12H13ClN2OS/c1-7(14)12-15-10(6-17-12)8-3-4-11(16-2)9(13)5-8/h3-7H,14H2,1-2H3. The highest BCUT2D eigenvalue weighted by atomic mass is 35.5. The second-order valence-corrected chi connectivity index (χ2v) is 5.01. The SMILES string of the molecule is COc1ccc(-c2csc(C(C)N)n2)cc1Cl. The number of thiazole rings is 1. The van der Waals surface area contributed by atoms with Crippen molar-refractivity contribution in [2.24, 2.45) is 5.73 Å². The molecule has 0 aliphatic rings. The summed E-state index contributed by atoms with van der Waals surface area (Å²) in [5.74, 6) is 0.665. The number of hydrogen-bond donors (Lipinski definition) is 1. The molecule has 0 saturated carbocycles. The Hall–Kier alpha value is -1.10. The van der Waals surface area contributed by atoms with Crippen LogP contribution in [0.25, 0.3) is 11.3 Å². The van der Waals surface area contributed by atoms with Gasteiger partial charge in [0.05, 0.1) is 23.9 Å². The summed E-state index contributed by atoms with van der Waals surface area (Å²) in [5.41, 5.74) is 7.65. The molecule has 1 atom stereocenters. The smallest absolute Gasteiger partial charge is 0.137 e. The summed E-state index contributed by atoms with van der Waals surface area (Å²) >= 11 is 7.63. The van der Waals surface area contributed by atoms with Gasteiger partial charge in [0.15, 0.2) is 0 Å². The molecule has 3 nitrogen and oxygen atoms in total. The van der Waals surface area contributed by atoms with E-state index >= 15 is 0 Å². The van der Waals surface area contributed by atoms with Crippen molar-refractivity contribution < 1.29 is 4.74 Å². The number of nitrogens with zero attached hydrogens (tertiary/aromatic N) is 1. The Bertz CT molecular complexity index is 525. The second kappa shape index (κ2) is 5.04. The average Bonchev–Trinajstić information content (AvgIpc) is 2.78. The van der Waals surface area contributed by atoms with Crippen LogP contribution in [-0.2, 0) is 0 Å². The van der Waals surface area contributed by atoms with Crippen molar-refractivity contribution in [1.29, 1.82) is 0 Å². The first kappa shape index (κ1) is 12.4. The number of rotatable bonds is 3. The molecule has 5 heteroatoms. The van der Waals surface area contributed by atoms with Gasteiger partial charge in [0.2, 0.25) is 0 Å². The zero-order valence-electron chi connectivity index (χ0n) is 9.61. The molecule has 0 spiro atoms. The van der Waals surface area contributed by atoms with Gasteiger partial charge >= 0.3 is 0 Å². The van der Waals surface area contributed by atoms with E-state index in [1.54, 1.807) is 18.4 Å². The molecular formula is C12H13ClN2OS. The molecule has 0 bridgehead atoms. The fourth-order valence-corrected chi connectivity index (χ4v) is 2.50. The molecule has 1 heterocycles. The Morgan fingerprint density at radius 1 is 1.47 bits per heavy atom. The highest BCUT2D eigenvalue weighted by Crippen LogP contribution is 2.31. The van der Waals surface area contributed by atoms with E-state index in [-0.39, 0.29) is 6.04 Å². The number of hydrogen-bond acceptors (Lipinski definition) is 4. The van der Waals surface area contributed by atoms with E-state index in [4.69, 9.17) is 22.1 Å². The van der Waals surface area contributed by atoms with Crippen molar-refractivity contribution >= 4 is 22.9 Å². The van der Waals surface area contributed by atoms with Crippen LogP contribution < -0.4 is 10.5 Å². The Morgan fingerprint density at radius 2 is 2.24 bits per heavy atom. The minimum Gasteiger partial charge on any atom is -0.495 e. The van der Waals surface area contributed by atoms with Crippen LogP contribution in [0.3, 0.4) is 0 Å². The van der Waals surface area contributed by atoms with Crippen molar-refractivity contribution in [3.8, 4) is 17.0 Å². The lowest BCUT2D eigenvalue weighted by molar-refractivity contribution is 0.415. The van der Waals surface area contributed by atoms with Gasteiger partial charge in [0.25, 0.3) is 0 Å². The molecule has 0 aliphatic heterocycles. The predicted molar refractivity (Wildman–Crippen MR) is 71.7 cm³/mol. The molecule has 17 heavy (non-hydrogen) atoms. The highest BCUT2D eigenvalue weighted by Gasteiger charge is 2.09. The van der Waals surface area contributed by atoms with Crippen molar-refractivity contribution in [1.82, 2.24) is 4.98 Å². The molecule has 2 rings (SSSR count). The van der Waals surface area contributed by atoms with Crippen LogP contribution in [-0.4, -0.2) is 12.1 Å². The second-order valence-electron chi connectivity index (χ2n) is 3.71. The Labute approximate surface area is 109 Å². The minimum atomic E-state index is -0.0394. The summed E-state index contributed by atoms with van der Waals surface area (Å²) in [6.45, 7) is 1.92. The number of nitrogens with two attached hydrogens (primary N) is 1. The van der Waals surface area contributed by atoms with Gasteiger partial charge < -0.3 is 10.5 Å². The maximum Gasteiger partial charge on any atom is 0.137 e. The molecule has 90 valence electrons. The summed E-state index contributed by atoms with van der Waals surface area (Å²) in [5, 5.41) is 3.49. The first-order valence-corrected chi connectivity index (χ1v) is 6.42. The molecule has 1 aromatic carbocycles. The lowest BCUT2D eigenvalue weighted by Crippen LogP contribution is -2.03.